The Morgan fingerprint density at radius 2 is 1.73 bits per heavy atom. The van der Waals surface area contributed by atoms with Crippen molar-refractivity contribution in [1.29, 1.82) is 0 Å². The molecule has 0 aliphatic heterocycles. The highest BCUT2D eigenvalue weighted by atomic mass is 32.1. The van der Waals surface area contributed by atoms with E-state index < -0.39 is 0 Å². The lowest BCUT2D eigenvalue weighted by Gasteiger charge is -2.18. The molecule has 1 heterocycles. The van der Waals surface area contributed by atoms with E-state index in [1.54, 1.807) is 42.7 Å². The second-order valence-electron chi connectivity index (χ2n) is 5.89. The van der Waals surface area contributed by atoms with Crippen molar-refractivity contribution in [3.8, 4) is 11.5 Å². The van der Waals surface area contributed by atoms with Gasteiger partial charge in [0.1, 0.15) is 11.5 Å². The number of rotatable bonds is 7. The van der Waals surface area contributed by atoms with Crippen molar-refractivity contribution in [2.45, 2.75) is 13.0 Å². The Bertz CT molecular complexity index is 827. The summed E-state index contributed by atoms with van der Waals surface area (Å²) in [5.41, 5.74) is 2.24. The molecule has 1 aromatic heterocycles. The Hall–Kier alpha value is -2.79. The van der Waals surface area contributed by atoms with E-state index in [2.05, 4.69) is 17.4 Å². The standard InChI is InChI=1S/C21H21NO3S/c1-15-5-7-16(8-6-15)21(19-4-3-13-26-19)22-20(23)14-25-18-11-9-17(24-2)10-12-18/h3-13,21H,14H2,1-2H3,(H,22,23)/t21-/m0/s1. The summed E-state index contributed by atoms with van der Waals surface area (Å²) in [6.45, 7) is 2.01. The second-order valence-corrected chi connectivity index (χ2v) is 6.87. The largest absolute Gasteiger partial charge is 0.497 e. The van der Waals surface area contributed by atoms with Gasteiger partial charge in [-0.3, -0.25) is 4.79 Å². The minimum Gasteiger partial charge on any atom is -0.497 e. The van der Waals surface area contributed by atoms with Gasteiger partial charge in [0.2, 0.25) is 0 Å². The van der Waals surface area contributed by atoms with E-state index in [1.807, 2.05) is 36.6 Å². The summed E-state index contributed by atoms with van der Waals surface area (Å²) in [7, 11) is 1.61. The van der Waals surface area contributed by atoms with E-state index in [9.17, 15) is 4.79 Å². The third kappa shape index (κ3) is 4.64. The van der Waals surface area contributed by atoms with Crippen LogP contribution >= 0.6 is 11.3 Å². The van der Waals surface area contributed by atoms with Crippen LogP contribution in [0.25, 0.3) is 0 Å². The van der Waals surface area contributed by atoms with Crippen LogP contribution in [0.4, 0.5) is 0 Å². The molecule has 0 saturated heterocycles. The topological polar surface area (TPSA) is 47.6 Å². The molecule has 1 atom stereocenters. The molecule has 26 heavy (non-hydrogen) atoms. The number of ether oxygens (including phenoxy) is 2. The van der Waals surface area contributed by atoms with Crippen molar-refractivity contribution in [3.63, 3.8) is 0 Å². The molecule has 0 aliphatic rings. The van der Waals surface area contributed by atoms with Crippen molar-refractivity contribution in [2.24, 2.45) is 0 Å². The highest BCUT2D eigenvalue weighted by molar-refractivity contribution is 7.10. The minimum atomic E-state index is -0.178. The average molecular weight is 367 g/mol. The summed E-state index contributed by atoms with van der Waals surface area (Å²) in [6.07, 6.45) is 0. The van der Waals surface area contributed by atoms with Crippen LogP contribution in [0.15, 0.2) is 66.0 Å². The summed E-state index contributed by atoms with van der Waals surface area (Å²) < 4.78 is 10.7. The molecule has 1 amide bonds. The van der Waals surface area contributed by atoms with Gasteiger partial charge in [-0.1, -0.05) is 35.9 Å². The molecule has 0 bridgehead atoms. The van der Waals surface area contributed by atoms with Crippen LogP contribution < -0.4 is 14.8 Å². The fourth-order valence-corrected chi connectivity index (χ4v) is 3.36. The molecule has 0 unspecified atom stereocenters. The zero-order chi connectivity index (χ0) is 18.4. The zero-order valence-corrected chi connectivity index (χ0v) is 15.6. The maximum atomic E-state index is 12.4. The molecule has 5 heteroatoms. The van der Waals surface area contributed by atoms with Gasteiger partial charge in [-0.2, -0.15) is 0 Å². The summed E-state index contributed by atoms with van der Waals surface area (Å²) in [5, 5.41) is 5.08. The van der Waals surface area contributed by atoms with Gasteiger partial charge in [-0.15, -0.1) is 11.3 Å². The fourth-order valence-electron chi connectivity index (χ4n) is 2.56. The van der Waals surface area contributed by atoms with Crippen LogP contribution in [0.5, 0.6) is 11.5 Å². The molecule has 0 radical (unpaired) electrons. The van der Waals surface area contributed by atoms with Crippen LogP contribution in [0.3, 0.4) is 0 Å². The molecule has 2 aromatic carbocycles. The van der Waals surface area contributed by atoms with E-state index in [-0.39, 0.29) is 18.6 Å². The minimum absolute atomic E-state index is 0.0416. The Morgan fingerprint density at radius 3 is 2.35 bits per heavy atom. The number of carbonyl (C=O) groups is 1. The summed E-state index contributed by atoms with van der Waals surface area (Å²) in [5.74, 6) is 1.21. The monoisotopic (exact) mass is 367 g/mol. The van der Waals surface area contributed by atoms with Crippen molar-refractivity contribution >= 4 is 17.2 Å². The predicted molar refractivity (Wildman–Crippen MR) is 104 cm³/mol. The summed E-state index contributed by atoms with van der Waals surface area (Å²) >= 11 is 1.62. The van der Waals surface area contributed by atoms with Crippen LogP contribution in [0.2, 0.25) is 0 Å². The first kappa shape index (κ1) is 18.0. The molecule has 1 N–H and O–H groups in total. The average Bonchev–Trinajstić information content (AvgIpc) is 3.20. The SMILES string of the molecule is COc1ccc(OCC(=O)N[C@@H](c2ccc(C)cc2)c2cccs2)cc1. The molecule has 0 fully saturated rings. The lowest BCUT2D eigenvalue weighted by atomic mass is 10.0. The number of benzene rings is 2. The Morgan fingerprint density at radius 1 is 1.04 bits per heavy atom. The van der Waals surface area contributed by atoms with Crippen LogP contribution in [0.1, 0.15) is 22.0 Å². The van der Waals surface area contributed by atoms with Crippen molar-refractivity contribution in [1.82, 2.24) is 5.32 Å². The maximum Gasteiger partial charge on any atom is 0.258 e. The summed E-state index contributed by atoms with van der Waals surface area (Å²) in [6, 6.07) is 19.2. The number of amides is 1. The normalized spacial score (nSPS) is 11.6. The van der Waals surface area contributed by atoms with Gasteiger partial charge < -0.3 is 14.8 Å². The van der Waals surface area contributed by atoms with Gasteiger partial charge in [0.05, 0.1) is 13.2 Å². The predicted octanol–water partition coefficient (Wildman–Crippen LogP) is 4.35. The first-order valence-corrected chi connectivity index (χ1v) is 9.20. The van der Waals surface area contributed by atoms with Crippen molar-refractivity contribution in [2.75, 3.05) is 13.7 Å². The second kappa shape index (κ2) is 8.54. The van der Waals surface area contributed by atoms with Crippen molar-refractivity contribution in [3.05, 3.63) is 82.0 Å². The van der Waals surface area contributed by atoms with Gasteiger partial charge in [0, 0.05) is 4.88 Å². The van der Waals surface area contributed by atoms with E-state index in [4.69, 9.17) is 9.47 Å². The summed E-state index contributed by atoms with van der Waals surface area (Å²) in [4.78, 5) is 13.5. The number of methoxy groups -OCH3 is 1. The Balaban J connectivity index is 1.66. The molecule has 3 rings (SSSR count). The number of aryl methyl sites for hydroxylation is 1. The maximum absolute atomic E-state index is 12.4. The van der Waals surface area contributed by atoms with E-state index in [0.717, 1.165) is 16.2 Å². The third-order valence-electron chi connectivity index (χ3n) is 3.97. The molecule has 0 spiro atoms. The number of thiophene rings is 1. The number of hydrogen-bond acceptors (Lipinski definition) is 4. The lowest BCUT2D eigenvalue weighted by molar-refractivity contribution is -0.123. The van der Waals surface area contributed by atoms with E-state index in [1.165, 1.54) is 5.56 Å². The molecular formula is C21H21NO3S. The first-order chi connectivity index (χ1) is 12.7. The van der Waals surface area contributed by atoms with Gasteiger partial charge >= 0.3 is 0 Å². The van der Waals surface area contributed by atoms with Gasteiger partial charge in [-0.25, -0.2) is 0 Å². The quantitative estimate of drug-likeness (QED) is 0.675. The molecule has 4 nitrogen and oxygen atoms in total. The Kier molecular flexibility index (Phi) is 5.92. The van der Waals surface area contributed by atoms with E-state index >= 15 is 0 Å². The highest BCUT2D eigenvalue weighted by Crippen LogP contribution is 2.26. The fraction of sp³-hybridized carbons (Fsp3) is 0.190. The third-order valence-corrected chi connectivity index (χ3v) is 4.91. The molecule has 0 aliphatic carbocycles. The smallest absolute Gasteiger partial charge is 0.258 e. The Labute approximate surface area is 157 Å². The molecular weight excluding hydrogens is 346 g/mol. The number of carbonyl (C=O) groups excluding carboxylic acids is 1. The molecule has 0 saturated carbocycles. The molecule has 134 valence electrons. The van der Waals surface area contributed by atoms with E-state index in [0.29, 0.717) is 5.75 Å². The van der Waals surface area contributed by atoms with Crippen LogP contribution in [0, 0.1) is 6.92 Å². The number of hydrogen-bond donors (Lipinski definition) is 1. The van der Waals surface area contributed by atoms with Crippen LogP contribution in [-0.2, 0) is 4.79 Å². The van der Waals surface area contributed by atoms with Gasteiger partial charge in [0.15, 0.2) is 6.61 Å². The molecule has 3 aromatic rings. The van der Waals surface area contributed by atoms with Gasteiger partial charge in [0.25, 0.3) is 5.91 Å². The van der Waals surface area contributed by atoms with Crippen LogP contribution in [-0.4, -0.2) is 19.6 Å². The van der Waals surface area contributed by atoms with Crippen molar-refractivity contribution < 1.29 is 14.3 Å². The number of nitrogens with one attached hydrogen (secondary N) is 1. The van der Waals surface area contributed by atoms with Gasteiger partial charge in [-0.05, 0) is 48.2 Å². The first-order valence-electron chi connectivity index (χ1n) is 8.32. The zero-order valence-electron chi connectivity index (χ0n) is 14.8. The highest BCUT2D eigenvalue weighted by Gasteiger charge is 2.18. The lowest BCUT2D eigenvalue weighted by Crippen LogP contribution is -2.32.